The summed E-state index contributed by atoms with van der Waals surface area (Å²) in [5.74, 6) is -0.278. The molecule has 0 N–H and O–H groups in total. The summed E-state index contributed by atoms with van der Waals surface area (Å²) < 4.78 is 11.1. The van der Waals surface area contributed by atoms with Crippen LogP contribution in [0.4, 0.5) is 0 Å². The van der Waals surface area contributed by atoms with Crippen LogP contribution < -0.4 is 9.57 Å². The van der Waals surface area contributed by atoms with Crippen molar-refractivity contribution < 1.29 is 23.5 Å². The fourth-order valence-electron chi connectivity index (χ4n) is 1.34. The van der Waals surface area contributed by atoms with Crippen LogP contribution in [0.25, 0.3) is 11.5 Å². The van der Waals surface area contributed by atoms with Gasteiger partial charge in [0.05, 0.1) is 12.7 Å². The number of hydrogen-bond acceptors (Lipinski definition) is 5. The summed E-state index contributed by atoms with van der Waals surface area (Å²) in [6, 6.07) is 3.31. The number of nitrogens with zero attached hydrogens (tertiary/aromatic N) is 2. The molecule has 0 spiro atoms. The lowest BCUT2D eigenvalue weighted by atomic mass is 10.3. The largest absolute Gasteiger partial charge is 0.464 e. The minimum atomic E-state index is -0.556. The number of ether oxygens (including phenoxy) is 1. The van der Waals surface area contributed by atoms with E-state index in [0.29, 0.717) is 10.7 Å². The van der Waals surface area contributed by atoms with Crippen LogP contribution in [0.5, 0.6) is 0 Å². The quantitative estimate of drug-likeness (QED) is 0.475. The molecule has 0 bridgehead atoms. The Morgan fingerprint density at radius 3 is 2.89 bits per heavy atom. The molecule has 0 aromatic carbocycles. The lowest BCUT2D eigenvalue weighted by Gasteiger charge is -1.96. The van der Waals surface area contributed by atoms with Gasteiger partial charge in [-0.2, -0.15) is 0 Å². The van der Waals surface area contributed by atoms with E-state index in [9.17, 15) is 4.79 Å². The first-order chi connectivity index (χ1) is 8.65. The molecule has 0 saturated carbocycles. The predicted molar refractivity (Wildman–Crippen MR) is 61.0 cm³/mol. The van der Waals surface area contributed by atoms with Gasteiger partial charge in [0.25, 0.3) is 0 Å². The topological polar surface area (TPSA) is 65.4 Å². The van der Waals surface area contributed by atoms with E-state index in [1.807, 2.05) is 0 Å². The van der Waals surface area contributed by atoms with Gasteiger partial charge in [0, 0.05) is 16.9 Å². The van der Waals surface area contributed by atoms with Crippen LogP contribution in [0.1, 0.15) is 10.5 Å². The number of esters is 1. The van der Waals surface area contributed by atoms with Crippen LogP contribution in [-0.2, 0) is 4.74 Å². The van der Waals surface area contributed by atoms with Crippen molar-refractivity contribution >= 4 is 17.6 Å². The highest BCUT2D eigenvalue weighted by Crippen LogP contribution is 2.20. The number of aromatic nitrogens is 2. The van der Waals surface area contributed by atoms with Gasteiger partial charge < -0.3 is 9.15 Å². The second-order valence-electron chi connectivity index (χ2n) is 3.28. The summed E-state index contributed by atoms with van der Waals surface area (Å²) in [5.41, 5.74) is 0.732. The normalized spacial score (nSPS) is 10.2. The maximum atomic E-state index is 11.2. The number of rotatable bonds is 3. The molecule has 18 heavy (non-hydrogen) atoms. The van der Waals surface area contributed by atoms with E-state index in [4.69, 9.17) is 20.9 Å². The zero-order chi connectivity index (χ0) is 13.1. The van der Waals surface area contributed by atoms with Crippen LogP contribution in [0, 0.1) is 0 Å². The molecule has 0 fully saturated rings. The lowest BCUT2D eigenvalue weighted by molar-refractivity contribution is -0.883. The predicted octanol–water partition coefficient (Wildman–Crippen LogP) is 1.13. The Labute approximate surface area is 108 Å². The van der Waals surface area contributed by atoms with E-state index in [1.54, 1.807) is 18.3 Å². The zero-order valence-corrected chi connectivity index (χ0v) is 10.5. The Bertz CT molecular complexity index is 582. The average Bonchev–Trinajstić information content (AvgIpc) is 2.87. The number of oxazole rings is 1. The SMILES string of the molecule is COC(=O)c1coc(-c2cc[n+](OC)c(Cl)c2)n1. The van der Waals surface area contributed by atoms with Crippen molar-refractivity contribution in [3.8, 4) is 11.5 Å². The third kappa shape index (κ3) is 2.28. The van der Waals surface area contributed by atoms with Gasteiger partial charge in [-0.05, 0) is 11.6 Å². The smallest absolute Gasteiger partial charge is 0.360 e. The molecule has 6 nitrogen and oxygen atoms in total. The number of hydrogen-bond donors (Lipinski definition) is 0. The second kappa shape index (κ2) is 5.05. The Kier molecular flexibility index (Phi) is 3.47. The van der Waals surface area contributed by atoms with Gasteiger partial charge >= 0.3 is 11.1 Å². The molecule has 0 amide bonds. The first kappa shape index (κ1) is 12.4. The molecule has 0 aliphatic heterocycles. The number of carbonyl (C=O) groups is 1. The second-order valence-corrected chi connectivity index (χ2v) is 3.66. The maximum Gasteiger partial charge on any atom is 0.360 e. The van der Waals surface area contributed by atoms with Crippen molar-refractivity contribution in [3.05, 3.63) is 35.4 Å². The van der Waals surface area contributed by atoms with Crippen molar-refractivity contribution in [3.63, 3.8) is 0 Å². The summed E-state index contributed by atoms with van der Waals surface area (Å²) in [6.45, 7) is 0. The first-order valence-electron chi connectivity index (χ1n) is 4.95. The maximum absolute atomic E-state index is 11.2. The number of carbonyl (C=O) groups excluding carboxylic acids is 1. The van der Waals surface area contributed by atoms with Crippen molar-refractivity contribution in [2.75, 3.05) is 14.2 Å². The molecule has 7 heteroatoms. The van der Waals surface area contributed by atoms with Crippen molar-refractivity contribution in [1.82, 2.24) is 4.98 Å². The van der Waals surface area contributed by atoms with Crippen molar-refractivity contribution in [2.45, 2.75) is 0 Å². The fourth-order valence-corrected chi connectivity index (χ4v) is 1.59. The van der Waals surface area contributed by atoms with Gasteiger partial charge in [0.2, 0.25) is 12.1 Å². The minimum absolute atomic E-state index is 0.104. The van der Waals surface area contributed by atoms with Gasteiger partial charge in [-0.25, -0.2) is 9.78 Å². The minimum Gasteiger partial charge on any atom is -0.464 e. The molecule has 0 saturated heterocycles. The van der Waals surface area contributed by atoms with Crippen molar-refractivity contribution in [1.29, 1.82) is 0 Å². The molecular weight excluding hydrogens is 260 g/mol. The Morgan fingerprint density at radius 2 is 2.28 bits per heavy atom. The highest BCUT2D eigenvalue weighted by atomic mass is 35.5. The third-order valence-corrected chi connectivity index (χ3v) is 2.49. The van der Waals surface area contributed by atoms with Gasteiger partial charge in [0.15, 0.2) is 5.69 Å². The summed E-state index contributed by atoms with van der Waals surface area (Å²) in [4.78, 5) is 20.2. The highest BCUT2D eigenvalue weighted by molar-refractivity contribution is 6.28. The van der Waals surface area contributed by atoms with E-state index < -0.39 is 5.97 Å². The Balaban J connectivity index is 2.34. The van der Waals surface area contributed by atoms with Crippen LogP contribution in [0.15, 0.2) is 29.0 Å². The van der Waals surface area contributed by atoms with Crippen LogP contribution in [-0.4, -0.2) is 25.2 Å². The fraction of sp³-hybridized carbons (Fsp3) is 0.182. The molecule has 0 aliphatic carbocycles. The van der Waals surface area contributed by atoms with Gasteiger partial charge in [-0.3, -0.25) is 4.84 Å². The third-order valence-electron chi connectivity index (χ3n) is 2.22. The highest BCUT2D eigenvalue weighted by Gasteiger charge is 2.17. The Hall–Kier alpha value is -2.08. The summed E-state index contributed by atoms with van der Waals surface area (Å²) >= 11 is 5.95. The molecule has 2 rings (SSSR count). The molecule has 2 heterocycles. The molecule has 0 unspecified atom stereocenters. The van der Waals surface area contributed by atoms with E-state index in [0.717, 1.165) is 0 Å². The zero-order valence-electron chi connectivity index (χ0n) is 9.71. The van der Waals surface area contributed by atoms with Crippen LogP contribution in [0.2, 0.25) is 5.15 Å². The molecular formula is C11H10ClN2O4+. The Morgan fingerprint density at radius 1 is 1.50 bits per heavy atom. The first-order valence-corrected chi connectivity index (χ1v) is 5.33. The van der Waals surface area contributed by atoms with Gasteiger partial charge in [0.1, 0.15) is 13.4 Å². The molecule has 2 aromatic heterocycles. The lowest BCUT2D eigenvalue weighted by Crippen LogP contribution is -2.41. The van der Waals surface area contributed by atoms with Crippen molar-refractivity contribution in [2.24, 2.45) is 0 Å². The van der Waals surface area contributed by atoms with E-state index in [2.05, 4.69) is 9.72 Å². The average molecular weight is 270 g/mol. The number of pyridine rings is 1. The number of halogens is 1. The molecule has 0 radical (unpaired) electrons. The van der Waals surface area contributed by atoms with Crippen LogP contribution in [0.3, 0.4) is 0 Å². The van der Waals surface area contributed by atoms with E-state index in [-0.39, 0.29) is 11.6 Å². The van der Waals surface area contributed by atoms with Crippen LogP contribution >= 0.6 is 11.6 Å². The number of methoxy groups -OCH3 is 1. The summed E-state index contributed by atoms with van der Waals surface area (Å²) in [7, 11) is 2.77. The summed E-state index contributed by atoms with van der Waals surface area (Å²) in [5, 5.41) is 0.354. The van der Waals surface area contributed by atoms with Gasteiger partial charge in [-0.1, -0.05) is 0 Å². The molecule has 0 aliphatic rings. The van der Waals surface area contributed by atoms with E-state index >= 15 is 0 Å². The standard InChI is InChI=1S/C11H10ClN2O4/c1-16-11(15)8-6-18-10(13-8)7-3-4-14(17-2)9(12)5-7/h3-6H,1-2H3/q+1. The molecule has 0 atom stereocenters. The molecule has 94 valence electrons. The summed E-state index contributed by atoms with van der Waals surface area (Å²) in [6.07, 6.45) is 2.84. The molecule has 2 aromatic rings. The monoisotopic (exact) mass is 269 g/mol. The van der Waals surface area contributed by atoms with E-state index in [1.165, 1.54) is 25.2 Å². The van der Waals surface area contributed by atoms with Gasteiger partial charge in [-0.15, -0.1) is 0 Å².